The first-order chi connectivity index (χ1) is 19.7. The zero-order valence-electron chi connectivity index (χ0n) is 23.6. The third-order valence-corrected chi connectivity index (χ3v) is 8.81. The standard InChI is InChI=1S/C30H36F3N5O2Si/c1-41(2,3)12-11-39-21-38-28(23-16-34-36(17-23)20-40-19-22-7-5-4-6-8-22)15-30(35-38)37-18-25(32)14-29(37)26-13-24(31)9-10-27(26)33/h4-10,13,15-17,25,29H,11-12,14,18-21H2,1-3H3/t25-,29+/m0/s1. The van der Waals surface area contributed by atoms with Gasteiger partial charge in [-0.2, -0.15) is 10.2 Å². The van der Waals surface area contributed by atoms with E-state index in [1.54, 1.807) is 20.5 Å². The molecule has 41 heavy (non-hydrogen) atoms. The predicted octanol–water partition coefficient (Wildman–Crippen LogP) is 6.80. The molecule has 2 aromatic carbocycles. The van der Waals surface area contributed by atoms with Crippen molar-refractivity contribution in [3.05, 3.63) is 89.8 Å². The number of halogens is 3. The lowest BCUT2D eigenvalue weighted by atomic mass is 10.0. The molecule has 0 unspecified atom stereocenters. The van der Waals surface area contributed by atoms with Crippen molar-refractivity contribution in [2.75, 3.05) is 18.1 Å². The van der Waals surface area contributed by atoms with E-state index in [0.29, 0.717) is 19.0 Å². The van der Waals surface area contributed by atoms with Gasteiger partial charge in [0, 0.05) is 44.5 Å². The first-order valence-corrected chi connectivity index (χ1v) is 17.5. The van der Waals surface area contributed by atoms with Gasteiger partial charge in [-0.15, -0.1) is 0 Å². The normalized spacial score (nSPS) is 17.5. The van der Waals surface area contributed by atoms with E-state index in [-0.39, 0.29) is 32.0 Å². The summed E-state index contributed by atoms with van der Waals surface area (Å²) in [5.74, 6) is -0.662. The lowest BCUT2D eigenvalue weighted by Crippen LogP contribution is -2.25. The molecule has 0 spiro atoms. The maximum Gasteiger partial charge on any atom is 0.151 e. The average Bonchev–Trinajstić information content (AvgIpc) is 3.66. The maximum absolute atomic E-state index is 14.7. The monoisotopic (exact) mass is 583 g/mol. The van der Waals surface area contributed by atoms with Gasteiger partial charge in [0.25, 0.3) is 0 Å². The summed E-state index contributed by atoms with van der Waals surface area (Å²) in [6.45, 7) is 8.41. The van der Waals surface area contributed by atoms with Crippen molar-refractivity contribution < 1.29 is 22.6 Å². The van der Waals surface area contributed by atoms with Crippen LogP contribution in [0.15, 0.2) is 67.0 Å². The molecule has 3 heterocycles. The number of benzene rings is 2. The van der Waals surface area contributed by atoms with Gasteiger partial charge in [0.15, 0.2) is 5.82 Å². The molecule has 2 aromatic heterocycles. The van der Waals surface area contributed by atoms with Crippen LogP contribution in [0.5, 0.6) is 0 Å². The van der Waals surface area contributed by atoms with Gasteiger partial charge in [-0.25, -0.2) is 22.5 Å². The third-order valence-electron chi connectivity index (χ3n) is 7.10. The van der Waals surface area contributed by atoms with Crippen molar-refractivity contribution in [2.24, 2.45) is 0 Å². The largest absolute Gasteiger partial charge is 0.360 e. The molecule has 5 rings (SSSR count). The Balaban J connectivity index is 1.38. The summed E-state index contributed by atoms with van der Waals surface area (Å²) in [6.07, 6.45) is 2.42. The molecule has 0 bridgehead atoms. The molecule has 0 radical (unpaired) electrons. The van der Waals surface area contributed by atoms with E-state index < -0.39 is 31.9 Å². The van der Waals surface area contributed by atoms with Crippen molar-refractivity contribution in [2.45, 2.75) is 64.4 Å². The minimum absolute atomic E-state index is 0.0279. The summed E-state index contributed by atoms with van der Waals surface area (Å²) in [7, 11) is -1.29. The van der Waals surface area contributed by atoms with Gasteiger partial charge >= 0.3 is 0 Å². The second-order valence-electron chi connectivity index (χ2n) is 11.6. The van der Waals surface area contributed by atoms with Crippen LogP contribution in [-0.4, -0.2) is 47.0 Å². The van der Waals surface area contributed by atoms with Crippen molar-refractivity contribution in [3.63, 3.8) is 0 Å². The summed E-state index contributed by atoms with van der Waals surface area (Å²) in [5, 5.41) is 9.20. The van der Waals surface area contributed by atoms with Crippen LogP contribution in [0.1, 0.15) is 23.6 Å². The first-order valence-electron chi connectivity index (χ1n) is 13.8. The Morgan fingerprint density at radius 2 is 1.80 bits per heavy atom. The summed E-state index contributed by atoms with van der Waals surface area (Å²) < 4.78 is 58.7. The molecule has 218 valence electrons. The number of hydrogen-bond donors (Lipinski definition) is 0. The predicted molar refractivity (Wildman–Crippen MR) is 155 cm³/mol. The number of aromatic nitrogens is 4. The molecule has 1 saturated heterocycles. The minimum Gasteiger partial charge on any atom is -0.360 e. The Kier molecular flexibility index (Phi) is 8.96. The molecular formula is C30H36F3N5O2Si. The molecule has 4 aromatic rings. The molecule has 0 N–H and O–H groups in total. The maximum atomic E-state index is 14.7. The van der Waals surface area contributed by atoms with E-state index in [2.05, 4.69) is 24.7 Å². The fourth-order valence-corrected chi connectivity index (χ4v) is 5.66. The van der Waals surface area contributed by atoms with Gasteiger partial charge < -0.3 is 14.4 Å². The Hall–Kier alpha value is -3.41. The molecular weight excluding hydrogens is 547 g/mol. The number of nitrogens with zero attached hydrogens (tertiary/aromatic N) is 5. The molecule has 1 aliphatic heterocycles. The average molecular weight is 584 g/mol. The summed E-state index contributed by atoms with van der Waals surface area (Å²) >= 11 is 0. The van der Waals surface area contributed by atoms with E-state index >= 15 is 0 Å². The number of alkyl halides is 1. The molecule has 11 heteroatoms. The van der Waals surface area contributed by atoms with Gasteiger partial charge in [0.2, 0.25) is 0 Å². The summed E-state index contributed by atoms with van der Waals surface area (Å²) in [4.78, 5) is 1.71. The topological polar surface area (TPSA) is 57.3 Å². The highest BCUT2D eigenvalue weighted by Crippen LogP contribution is 2.39. The van der Waals surface area contributed by atoms with E-state index in [4.69, 9.17) is 14.6 Å². The highest BCUT2D eigenvalue weighted by atomic mass is 28.3. The lowest BCUT2D eigenvalue weighted by Gasteiger charge is -2.24. The molecule has 0 amide bonds. The Bertz CT molecular complexity index is 1440. The van der Waals surface area contributed by atoms with Crippen molar-refractivity contribution >= 4 is 13.9 Å². The summed E-state index contributed by atoms with van der Waals surface area (Å²) in [6, 6.07) is 15.3. The van der Waals surface area contributed by atoms with Gasteiger partial charge in [-0.05, 0) is 29.8 Å². The minimum atomic E-state index is -1.29. The van der Waals surface area contributed by atoms with Crippen LogP contribution in [-0.2, 0) is 29.5 Å². The van der Waals surface area contributed by atoms with Crippen LogP contribution in [0, 0.1) is 11.6 Å². The first kappa shape index (κ1) is 29.1. The van der Waals surface area contributed by atoms with E-state index in [1.165, 1.54) is 0 Å². The van der Waals surface area contributed by atoms with Crippen molar-refractivity contribution in [1.82, 2.24) is 19.6 Å². The second-order valence-corrected chi connectivity index (χ2v) is 17.3. The molecule has 0 aliphatic carbocycles. The highest BCUT2D eigenvalue weighted by Gasteiger charge is 2.37. The van der Waals surface area contributed by atoms with Crippen molar-refractivity contribution in [1.29, 1.82) is 0 Å². The van der Waals surface area contributed by atoms with Crippen LogP contribution in [0.25, 0.3) is 11.3 Å². The number of hydrogen-bond acceptors (Lipinski definition) is 5. The second kappa shape index (κ2) is 12.6. The Labute approximate surface area is 239 Å². The zero-order valence-corrected chi connectivity index (χ0v) is 24.6. The van der Waals surface area contributed by atoms with Crippen LogP contribution in [0.4, 0.5) is 19.0 Å². The Morgan fingerprint density at radius 3 is 2.59 bits per heavy atom. The molecule has 2 atom stereocenters. The molecule has 1 fully saturated rings. The molecule has 0 saturated carbocycles. The number of rotatable bonds is 12. The van der Waals surface area contributed by atoms with E-state index in [0.717, 1.165) is 41.1 Å². The van der Waals surface area contributed by atoms with Crippen LogP contribution < -0.4 is 4.90 Å². The quantitative estimate of drug-likeness (QED) is 0.136. The number of ether oxygens (including phenoxy) is 2. The third kappa shape index (κ3) is 7.46. The smallest absolute Gasteiger partial charge is 0.151 e. The highest BCUT2D eigenvalue weighted by molar-refractivity contribution is 6.76. The lowest BCUT2D eigenvalue weighted by molar-refractivity contribution is 0.0561. The zero-order chi connectivity index (χ0) is 29.0. The molecule has 7 nitrogen and oxygen atoms in total. The van der Waals surface area contributed by atoms with E-state index in [9.17, 15) is 13.2 Å². The van der Waals surface area contributed by atoms with Crippen LogP contribution in [0.2, 0.25) is 25.7 Å². The summed E-state index contributed by atoms with van der Waals surface area (Å²) in [5.41, 5.74) is 2.70. The van der Waals surface area contributed by atoms with Gasteiger partial charge in [-0.3, -0.25) is 0 Å². The fourth-order valence-electron chi connectivity index (χ4n) is 4.90. The number of anilines is 1. The van der Waals surface area contributed by atoms with E-state index in [1.807, 2.05) is 42.6 Å². The Morgan fingerprint density at radius 1 is 1.00 bits per heavy atom. The molecule has 1 aliphatic rings. The SMILES string of the molecule is C[Si](C)(C)CCOCn1nc(N2C[C@@H](F)C[C@@H]2c2cc(F)ccc2F)cc1-c1cnn(COCc2ccccc2)c1. The van der Waals surface area contributed by atoms with Crippen molar-refractivity contribution in [3.8, 4) is 11.3 Å². The van der Waals surface area contributed by atoms with Crippen LogP contribution >= 0.6 is 0 Å². The van der Waals surface area contributed by atoms with Crippen LogP contribution in [0.3, 0.4) is 0 Å². The van der Waals surface area contributed by atoms with Gasteiger partial charge in [0.05, 0.1) is 31.1 Å². The fraction of sp³-hybridized carbons (Fsp3) is 0.400. The van der Waals surface area contributed by atoms with Gasteiger partial charge in [-0.1, -0.05) is 50.0 Å². The van der Waals surface area contributed by atoms with Gasteiger partial charge in [0.1, 0.15) is 31.3 Å².